The molecule has 3 aromatic rings. The van der Waals surface area contributed by atoms with Gasteiger partial charge in [-0.3, -0.25) is 4.21 Å². The van der Waals surface area contributed by atoms with Crippen LogP contribution >= 0.6 is 0 Å². The van der Waals surface area contributed by atoms with E-state index in [1.54, 1.807) is 6.07 Å². The maximum absolute atomic E-state index is 12.4. The summed E-state index contributed by atoms with van der Waals surface area (Å²) in [5.41, 5.74) is 0.0594. The number of fused-ring (bicyclic) bond motifs is 1. The molecule has 106 valence electrons. The number of hydrogen-bond donors (Lipinski definition) is 1. The standard InChI is InChI=1S/C16H12O4S/c17-16(18)14-7-8-20-15(14)10-21(19)13-6-5-11-3-1-2-4-12(11)9-13/h1-9H,10H2,(H,17,18). The lowest BCUT2D eigenvalue weighted by Gasteiger charge is -2.04. The van der Waals surface area contributed by atoms with Crippen LogP contribution in [0.25, 0.3) is 10.8 Å². The first-order chi connectivity index (χ1) is 10.1. The average molecular weight is 300 g/mol. The number of hydrogen-bond acceptors (Lipinski definition) is 3. The summed E-state index contributed by atoms with van der Waals surface area (Å²) in [4.78, 5) is 11.7. The second-order valence-corrected chi connectivity index (χ2v) is 6.01. The molecule has 0 saturated carbocycles. The van der Waals surface area contributed by atoms with Gasteiger partial charge in [0.25, 0.3) is 0 Å². The van der Waals surface area contributed by atoms with Crippen LogP contribution in [0.1, 0.15) is 16.1 Å². The number of carboxylic acid groups (broad SMARTS) is 1. The highest BCUT2D eigenvalue weighted by atomic mass is 32.2. The summed E-state index contributed by atoms with van der Waals surface area (Å²) in [5.74, 6) is -0.796. The first-order valence-electron chi connectivity index (χ1n) is 6.32. The van der Waals surface area contributed by atoms with Crippen molar-refractivity contribution in [2.45, 2.75) is 10.6 Å². The van der Waals surface area contributed by atoms with Crippen molar-refractivity contribution in [1.29, 1.82) is 0 Å². The van der Waals surface area contributed by atoms with Gasteiger partial charge in [0.15, 0.2) is 0 Å². The molecule has 0 saturated heterocycles. The zero-order valence-electron chi connectivity index (χ0n) is 11.0. The Balaban J connectivity index is 1.90. The van der Waals surface area contributed by atoms with E-state index in [-0.39, 0.29) is 17.1 Å². The van der Waals surface area contributed by atoms with E-state index in [4.69, 9.17) is 9.52 Å². The lowest BCUT2D eigenvalue weighted by Crippen LogP contribution is -2.02. The molecule has 0 aliphatic heterocycles. The summed E-state index contributed by atoms with van der Waals surface area (Å²) in [7, 11) is -1.35. The molecular formula is C16H12O4S. The van der Waals surface area contributed by atoms with Crippen molar-refractivity contribution >= 4 is 27.5 Å². The molecule has 21 heavy (non-hydrogen) atoms. The van der Waals surface area contributed by atoms with Crippen molar-refractivity contribution in [3.05, 3.63) is 66.1 Å². The van der Waals surface area contributed by atoms with E-state index < -0.39 is 16.8 Å². The molecule has 0 amide bonds. The fraction of sp³-hybridized carbons (Fsp3) is 0.0625. The highest BCUT2D eigenvalue weighted by Crippen LogP contribution is 2.21. The van der Waals surface area contributed by atoms with E-state index in [0.29, 0.717) is 4.90 Å². The van der Waals surface area contributed by atoms with E-state index >= 15 is 0 Å². The molecule has 1 atom stereocenters. The van der Waals surface area contributed by atoms with Crippen molar-refractivity contribution in [3.63, 3.8) is 0 Å². The van der Waals surface area contributed by atoms with Crippen molar-refractivity contribution in [2.75, 3.05) is 0 Å². The Kier molecular flexibility index (Phi) is 3.58. The van der Waals surface area contributed by atoms with Crippen molar-refractivity contribution in [3.8, 4) is 0 Å². The molecule has 1 N–H and O–H groups in total. The molecule has 0 aliphatic carbocycles. The van der Waals surface area contributed by atoms with Crippen LogP contribution in [0.2, 0.25) is 0 Å². The minimum atomic E-state index is -1.35. The molecular weight excluding hydrogens is 288 g/mol. The Labute approximate surface area is 123 Å². The topological polar surface area (TPSA) is 67.5 Å². The molecule has 4 nitrogen and oxygen atoms in total. The van der Waals surface area contributed by atoms with Crippen LogP contribution < -0.4 is 0 Å². The number of carbonyl (C=O) groups is 1. The van der Waals surface area contributed by atoms with E-state index in [2.05, 4.69) is 0 Å². The third-order valence-electron chi connectivity index (χ3n) is 3.22. The second-order valence-electron chi connectivity index (χ2n) is 4.56. The van der Waals surface area contributed by atoms with Crippen LogP contribution in [-0.2, 0) is 16.6 Å². The van der Waals surface area contributed by atoms with Crippen LogP contribution in [0, 0.1) is 0 Å². The number of rotatable bonds is 4. The normalized spacial score (nSPS) is 12.4. The minimum absolute atomic E-state index is 0.0486. The average Bonchev–Trinajstić information content (AvgIpc) is 2.95. The number of furan rings is 1. The van der Waals surface area contributed by atoms with Crippen molar-refractivity contribution < 1.29 is 18.5 Å². The number of aromatic carboxylic acids is 1. The van der Waals surface area contributed by atoms with Gasteiger partial charge in [-0.25, -0.2) is 4.79 Å². The summed E-state index contributed by atoms with van der Waals surface area (Å²) in [6.45, 7) is 0. The SMILES string of the molecule is O=C(O)c1ccoc1CS(=O)c1ccc2ccccc2c1. The van der Waals surface area contributed by atoms with Gasteiger partial charge in [-0.1, -0.05) is 30.3 Å². The molecule has 3 rings (SSSR count). The molecule has 1 unspecified atom stereocenters. The Morgan fingerprint density at radius 3 is 2.62 bits per heavy atom. The monoisotopic (exact) mass is 300 g/mol. The second kappa shape index (κ2) is 5.54. The summed E-state index contributed by atoms with van der Waals surface area (Å²) >= 11 is 0. The van der Waals surface area contributed by atoms with Crippen LogP contribution in [0.4, 0.5) is 0 Å². The molecule has 0 fully saturated rings. The quantitative estimate of drug-likeness (QED) is 0.801. The van der Waals surface area contributed by atoms with Gasteiger partial charge in [-0.15, -0.1) is 0 Å². The fourth-order valence-corrected chi connectivity index (χ4v) is 3.26. The van der Waals surface area contributed by atoms with Crippen molar-refractivity contribution in [2.24, 2.45) is 0 Å². The van der Waals surface area contributed by atoms with Gasteiger partial charge in [-0.2, -0.15) is 0 Å². The Morgan fingerprint density at radius 2 is 1.86 bits per heavy atom. The van der Waals surface area contributed by atoms with Crippen LogP contribution in [0.5, 0.6) is 0 Å². The molecule has 5 heteroatoms. The first-order valence-corrected chi connectivity index (χ1v) is 7.64. The highest BCUT2D eigenvalue weighted by Gasteiger charge is 2.16. The van der Waals surface area contributed by atoms with Crippen LogP contribution in [-0.4, -0.2) is 15.3 Å². The Bertz CT molecular complexity index is 835. The van der Waals surface area contributed by atoms with Gasteiger partial charge < -0.3 is 9.52 Å². The molecule has 1 aromatic heterocycles. The molecule has 2 aromatic carbocycles. The van der Waals surface area contributed by atoms with Gasteiger partial charge in [0, 0.05) is 4.90 Å². The summed E-state index contributed by atoms with van der Waals surface area (Å²) in [6.07, 6.45) is 1.30. The van der Waals surface area contributed by atoms with Crippen LogP contribution in [0.3, 0.4) is 0 Å². The zero-order valence-corrected chi connectivity index (χ0v) is 11.8. The summed E-state index contributed by atoms with van der Waals surface area (Å²) in [6, 6.07) is 14.7. The maximum Gasteiger partial charge on any atom is 0.339 e. The highest BCUT2D eigenvalue weighted by molar-refractivity contribution is 7.84. The number of carboxylic acids is 1. The van der Waals surface area contributed by atoms with Gasteiger partial charge in [0.1, 0.15) is 11.3 Å². The fourth-order valence-electron chi connectivity index (χ4n) is 2.15. The van der Waals surface area contributed by atoms with Gasteiger partial charge in [-0.05, 0) is 29.0 Å². The van der Waals surface area contributed by atoms with Crippen LogP contribution in [0.15, 0.2) is 64.1 Å². The Hall–Kier alpha value is -2.40. The Morgan fingerprint density at radius 1 is 1.10 bits per heavy atom. The van der Waals surface area contributed by atoms with Gasteiger partial charge >= 0.3 is 5.97 Å². The molecule has 1 heterocycles. The predicted molar refractivity (Wildman–Crippen MR) is 79.7 cm³/mol. The summed E-state index contributed by atoms with van der Waals surface area (Å²) < 4.78 is 17.5. The third kappa shape index (κ3) is 2.73. The molecule has 0 spiro atoms. The third-order valence-corrected chi connectivity index (χ3v) is 4.53. The number of benzene rings is 2. The molecule has 0 bridgehead atoms. The van der Waals surface area contributed by atoms with E-state index in [1.807, 2.05) is 36.4 Å². The van der Waals surface area contributed by atoms with Gasteiger partial charge in [0.2, 0.25) is 0 Å². The van der Waals surface area contributed by atoms with E-state index in [0.717, 1.165) is 10.8 Å². The minimum Gasteiger partial charge on any atom is -0.478 e. The largest absolute Gasteiger partial charge is 0.478 e. The predicted octanol–water partition coefficient (Wildman–Crippen LogP) is 3.44. The van der Waals surface area contributed by atoms with Gasteiger partial charge in [0.05, 0.1) is 22.8 Å². The van der Waals surface area contributed by atoms with E-state index in [1.165, 1.54) is 12.3 Å². The smallest absolute Gasteiger partial charge is 0.339 e. The summed E-state index contributed by atoms with van der Waals surface area (Å²) in [5, 5.41) is 11.1. The lowest BCUT2D eigenvalue weighted by molar-refractivity contribution is 0.0695. The molecule has 0 aliphatic rings. The lowest BCUT2D eigenvalue weighted by atomic mass is 10.1. The maximum atomic E-state index is 12.4. The zero-order chi connectivity index (χ0) is 14.8. The first kappa shape index (κ1) is 13.6. The van der Waals surface area contributed by atoms with E-state index in [9.17, 15) is 9.00 Å². The molecule has 0 radical (unpaired) electrons. The van der Waals surface area contributed by atoms with Crippen molar-refractivity contribution in [1.82, 2.24) is 0 Å².